The van der Waals surface area contributed by atoms with E-state index < -0.39 is 5.78 Å². The van der Waals surface area contributed by atoms with Crippen molar-refractivity contribution in [3.05, 3.63) is 11.5 Å². The Kier molecular flexibility index (Phi) is 2.57. The summed E-state index contributed by atoms with van der Waals surface area (Å²) >= 11 is 0. The number of aliphatic hydroxyl groups is 1. The Hall–Kier alpha value is -1.19. The van der Waals surface area contributed by atoms with Crippen LogP contribution in [0.15, 0.2) is 16.6 Å². The van der Waals surface area contributed by atoms with Crippen molar-refractivity contribution in [1.29, 1.82) is 5.53 Å². The van der Waals surface area contributed by atoms with Gasteiger partial charge >= 0.3 is 0 Å². The molecule has 0 aliphatic heterocycles. The molecule has 0 aromatic rings. The maximum absolute atomic E-state index is 10.4. The molecular weight excluding hydrogens is 120 g/mol. The predicted molar refractivity (Wildman–Crippen MR) is 31.2 cm³/mol. The van der Waals surface area contributed by atoms with Crippen LogP contribution in [0.4, 0.5) is 0 Å². The second-order valence-corrected chi connectivity index (χ2v) is 1.60. The first kappa shape index (κ1) is 7.81. The maximum atomic E-state index is 10.4. The van der Waals surface area contributed by atoms with Gasteiger partial charge in [0, 0.05) is 6.92 Å². The monoisotopic (exact) mass is 128 g/mol. The number of aliphatic hydroxyl groups excluding tert-OH is 1. The normalized spacial score (nSPS) is 12.2. The van der Waals surface area contributed by atoms with Crippen LogP contribution in [-0.2, 0) is 4.79 Å². The zero-order chi connectivity index (χ0) is 7.44. The van der Waals surface area contributed by atoms with Gasteiger partial charge in [-0.05, 0) is 6.92 Å². The first-order valence-corrected chi connectivity index (χ1v) is 2.37. The van der Waals surface area contributed by atoms with Crippen LogP contribution in [0, 0.1) is 5.53 Å². The van der Waals surface area contributed by atoms with Gasteiger partial charge in [0.2, 0.25) is 0 Å². The lowest BCUT2D eigenvalue weighted by Gasteiger charge is -1.92. The van der Waals surface area contributed by atoms with Crippen molar-refractivity contribution in [3.63, 3.8) is 0 Å². The molecule has 2 N–H and O–H groups in total. The summed E-state index contributed by atoms with van der Waals surface area (Å²) in [5.74, 6) is -0.609. The van der Waals surface area contributed by atoms with Gasteiger partial charge in [-0.3, -0.25) is 4.79 Å². The number of nitrogens with one attached hydrogen (secondary N) is 1. The topological polar surface area (TPSA) is 73.5 Å². The summed E-state index contributed by atoms with van der Waals surface area (Å²) in [6.45, 7) is 2.56. The number of hydrogen-bond donors (Lipinski definition) is 2. The lowest BCUT2D eigenvalue weighted by molar-refractivity contribution is -0.113. The largest absolute Gasteiger partial charge is 0.510 e. The zero-order valence-corrected chi connectivity index (χ0v) is 5.30. The first-order valence-electron chi connectivity index (χ1n) is 2.37. The van der Waals surface area contributed by atoms with Gasteiger partial charge in [-0.1, -0.05) is 0 Å². The van der Waals surface area contributed by atoms with Gasteiger partial charge in [0.15, 0.2) is 11.5 Å². The summed E-state index contributed by atoms with van der Waals surface area (Å²) < 4.78 is 0. The van der Waals surface area contributed by atoms with E-state index in [1.54, 1.807) is 0 Å². The summed E-state index contributed by atoms with van der Waals surface area (Å²) in [4.78, 5) is 10.4. The van der Waals surface area contributed by atoms with Crippen LogP contribution in [0.2, 0.25) is 0 Å². The molecule has 4 nitrogen and oxygen atoms in total. The fraction of sp³-hybridized carbons (Fsp3) is 0.400. The van der Waals surface area contributed by atoms with Crippen LogP contribution in [0.5, 0.6) is 0 Å². The standard InChI is InChI=1S/C5H8N2O2/c1-3(8)5(7-6)4(2)9/h6,8H,1-2H3/b5-3+,7-6?. The molecule has 0 saturated carbocycles. The summed E-state index contributed by atoms with van der Waals surface area (Å²) in [7, 11) is 0. The predicted octanol–water partition coefficient (Wildman–Crippen LogP) is 1.40. The third-order valence-corrected chi connectivity index (χ3v) is 0.788. The smallest absolute Gasteiger partial charge is 0.183 e. The minimum atomic E-state index is -0.398. The van der Waals surface area contributed by atoms with Crippen molar-refractivity contribution in [2.24, 2.45) is 5.11 Å². The van der Waals surface area contributed by atoms with E-state index in [1.165, 1.54) is 13.8 Å². The average molecular weight is 128 g/mol. The maximum Gasteiger partial charge on any atom is 0.183 e. The second-order valence-electron chi connectivity index (χ2n) is 1.60. The lowest BCUT2D eigenvalue weighted by atomic mass is 10.3. The Balaban J connectivity index is 4.55. The molecule has 4 heteroatoms. The quantitative estimate of drug-likeness (QED) is 0.335. The van der Waals surface area contributed by atoms with Crippen molar-refractivity contribution >= 4 is 5.78 Å². The van der Waals surface area contributed by atoms with E-state index in [4.69, 9.17) is 10.6 Å². The Labute approximate surface area is 52.7 Å². The lowest BCUT2D eigenvalue weighted by Crippen LogP contribution is -1.95. The molecule has 0 aliphatic rings. The molecular formula is C5H8N2O2. The minimum absolute atomic E-state index is 0.185. The van der Waals surface area contributed by atoms with E-state index in [9.17, 15) is 4.79 Å². The molecule has 0 aromatic carbocycles. The molecule has 0 fully saturated rings. The van der Waals surface area contributed by atoms with Crippen LogP contribution < -0.4 is 0 Å². The highest BCUT2D eigenvalue weighted by molar-refractivity contribution is 5.92. The second kappa shape index (κ2) is 2.96. The van der Waals surface area contributed by atoms with E-state index in [0.717, 1.165) is 0 Å². The van der Waals surface area contributed by atoms with E-state index in [0.29, 0.717) is 0 Å². The molecule has 0 bridgehead atoms. The Morgan fingerprint density at radius 3 is 2.00 bits per heavy atom. The van der Waals surface area contributed by atoms with E-state index in [1.807, 2.05) is 0 Å². The molecule has 0 rings (SSSR count). The highest BCUT2D eigenvalue weighted by Crippen LogP contribution is 2.02. The van der Waals surface area contributed by atoms with E-state index in [2.05, 4.69) is 5.11 Å². The van der Waals surface area contributed by atoms with Gasteiger partial charge in [-0.2, -0.15) is 5.11 Å². The van der Waals surface area contributed by atoms with Crippen LogP contribution in [0.3, 0.4) is 0 Å². The summed E-state index contributed by atoms with van der Waals surface area (Å²) in [5.41, 5.74) is 6.22. The fourth-order valence-corrected chi connectivity index (χ4v) is 0.414. The van der Waals surface area contributed by atoms with Gasteiger partial charge in [-0.15, -0.1) is 0 Å². The molecule has 0 spiro atoms. The number of carbonyl (C=O) groups excluding carboxylic acids is 1. The van der Waals surface area contributed by atoms with Gasteiger partial charge in [0.05, 0.1) is 0 Å². The van der Waals surface area contributed by atoms with Gasteiger partial charge in [0.1, 0.15) is 5.76 Å². The van der Waals surface area contributed by atoms with Crippen molar-refractivity contribution in [1.82, 2.24) is 0 Å². The van der Waals surface area contributed by atoms with Crippen molar-refractivity contribution < 1.29 is 9.90 Å². The molecule has 0 saturated heterocycles. The van der Waals surface area contributed by atoms with Crippen LogP contribution in [0.1, 0.15) is 13.8 Å². The molecule has 0 radical (unpaired) electrons. The van der Waals surface area contributed by atoms with Crippen molar-refractivity contribution in [3.8, 4) is 0 Å². The summed E-state index contributed by atoms with van der Waals surface area (Å²) in [5, 5.41) is 11.4. The molecule has 0 atom stereocenters. The van der Waals surface area contributed by atoms with Gasteiger partial charge in [0.25, 0.3) is 0 Å². The first-order chi connectivity index (χ1) is 4.09. The summed E-state index contributed by atoms with van der Waals surface area (Å²) in [6.07, 6.45) is 0. The molecule has 0 aromatic heterocycles. The molecule has 9 heavy (non-hydrogen) atoms. The number of carbonyl (C=O) groups is 1. The minimum Gasteiger partial charge on any atom is -0.510 e. The number of rotatable bonds is 2. The molecule has 50 valence electrons. The highest BCUT2D eigenvalue weighted by Gasteiger charge is 2.04. The van der Waals surface area contributed by atoms with Crippen LogP contribution in [-0.4, -0.2) is 10.9 Å². The van der Waals surface area contributed by atoms with E-state index >= 15 is 0 Å². The number of Topliss-reactive ketones (excluding diaryl/α,β-unsaturated/α-hetero) is 1. The number of nitrogens with zero attached hydrogens (tertiary/aromatic N) is 1. The van der Waals surface area contributed by atoms with Crippen LogP contribution >= 0.6 is 0 Å². The van der Waals surface area contributed by atoms with Crippen LogP contribution in [0.25, 0.3) is 0 Å². The van der Waals surface area contributed by atoms with Gasteiger partial charge in [-0.25, -0.2) is 5.53 Å². The van der Waals surface area contributed by atoms with E-state index in [-0.39, 0.29) is 11.5 Å². The zero-order valence-electron chi connectivity index (χ0n) is 5.30. The molecule has 0 aliphatic carbocycles. The Morgan fingerprint density at radius 2 is 2.00 bits per heavy atom. The number of ketones is 1. The number of hydrogen-bond acceptors (Lipinski definition) is 4. The Bertz CT molecular complexity index is 168. The summed E-state index contributed by atoms with van der Waals surface area (Å²) in [6, 6.07) is 0. The Morgan fingerprint density at radius 1 is 1.56 bits per heavy atom. The fourth-order valence-electron chi connectivity index (χ4n) is 0.414. The van der Waals surface area contributed by atoms with Gasteiger partial charge < -0.3 is 5.11 Å². The molecule has 0 unspecified atom stereocenters. The molecule has 0 heterocycles. The van der Waals surface area contributed by atoms with Crippen molar-refractivity contribution in [2.75, 3.05) is 0 Å². The highest BCUT2D eigenvalue weighted by atomic mass is 16.3. The third-order valence-electron chi connectivity index (χ3n) is 0.788. The third kappa shape index (κ3) is 2.03. The SMILES string of the molecule is CC(=O)/C(N=N)=C(/C)O. The van der Waals surface area contributed by atoms with Crippen molar-refractivity contribution in [2.45, 2.75) is 13.8 Å². The number of allylic oxidation sites excluding steroid dienone is 2. The molecule has 0 amide bonds. The average Bonchev–Trinajstić information content (AvgIpc) is 1.64.